The smallest absolute Gasteiger partial charge is 0.257 e. The lowest BCUT2D eigenvalue weighted by atomic mass is 10.2. The molecule has 0 fully saturated rings. The van der Waals surface area contributed by atoms with E-state index in [4.69, 9.17) is 4.74 Å². The first-order valence-electron chi connectivity index (χ1n) is 6.36. The minimum absolute atomic E-state index is 0.0253. The van der Waals surface area contributed by atoms with Crippen molar-refractivity contribution in [1.29, 1.82) is 0 Å². The highest BCUT2D eigenvalue weighted by Gasteiger charge is 2.06. The summed E-state index contributed by atoms with van der Waals surface area (Å²) in [5.41, 5.74) is 1.12. The van der Waals surface area contributed by atoms with Crippen LogP contribution in [0.15, 0.2) is 24.3 Å². The molecule has 0 spiro atoms. The maximum Gasteiger partial charge on any atom is 0.257 e. The molecule has 0 saturated carbocycles. The average Bonchev–Trinajstić information content (AvgIpc) is 2.43. The molecule has 1 aromatic rings. The van der Waals surface area contributed by atoms with Crippen LogP contribution >= 0.6 is 0 Å². The number of aryl methyl sites for hydroxylation is 1. The Morgan fingerprint density at radius 2 is 1.85 bits per heavy atom. The minimum Gasteiger partial charge on any atom is -0.484 e. The third kappa shape index (κ3) is 6.53. The van der Waals surface area contributed by atoms with Gasteiger partial charge in [-0.25, -0.2) is 13.1 Å². The Bertz CT molecular complexity index is 526. The van der Waals surface area contributed by atoms with Crippen molar-refractivity contribution in [2.24, 2.45) is 0 Å². The zero-order valence-corrected chi connectivity index (χ0v) is 12.5. The van der Waals surface area contributed by atoms with E-state index in [1.54, 1.807) is 19.1 Å². The summed E-state index contributed by atoms with van der Waals surface area (Å²) in [5, 5.41) is 2.57. The highest BCUT2D eigenvalue weighted by Crippen LogP contribution is 2.10. The van der Waals surface area contributed by atoms with Crippen LogP contribution in [0.5, 0.6) is 5.75 Å². The lowest BCUT2D eigenvalue weighted by molar-refractivity contribution is -0.123. The van der Waals surface area contributed by atoms with Gasteiger partial charge in [0, 0.05) is 13.1 Å². The second-order valence-electron chi connectivity index (χ2n) is 4.25. The average molecular weight is 300 g/mol. The van der Waals surface area contributed by atoms with E-state index in [9.17, 15) is 13.2 Å². The van der Waals surface area contributed by atoms with E-state index in [0.29, 0.717) is 5.75 Å². The number of carbonyl (C=O) groups is 1. The number of sulfonamides is 1. The summed E-state index contributed by atoms with van der Waals surface area (Å²) >= 11 is 0. The Kier molecular flexibility index (Phi) is 6.47. The number of benzene rings is 1. The van der Waals surface area contributed by atoms with Crippen molar-refractivity contribution in [3.8, 4) is 5.75 Å². The topological polar surface area (TPSA) is 84.5 Å². The van der Waals surface area contributed by atoms with Crippen LogP contribution in [0, 0.1) is 6.92 Å². The third-order valence-electron chi connectivity index (χ3n) is 2.54. The van der Waals surface area contributed by atoms with Crippen LogP contribution in [0.2, 0.25) is 0 Å². The molecule has 0 aliphatic rings. The first kappa shape index (κ1) is 16.5. The molecule has 0 atom stereocenters. The summed E-state index contributed by atoms with van der Waals surface area (Å²) in [6, 6.07) is 7.37. The van der Waals surface area contributed by atoms with Crippen LogP contribution in [-0.4, -0.2) is 39.8 Å². The molecule has 6 nitrogen and oxygen atoms in total. The van der Waals surface area contributed by atoms with Gasteiger partial charge >= 0.3 is 0 Å². The number of hydrogen-bond acceptors (Lipinski definition) is 4. The summed E-state index contributed by atoms with van der Waals surface area (Å²) in [6.07, 6.45) is 0. The van der Waals surface area contributed by atoms with Gasteiger partial charge in [-0.3, -0.25) is 4.79 Å². The van der Waals surface area contributed by atoms with Crippen molar-refractivity contribution in [3.05, 3.63) is 29.8 Å². The van der Waals surface area contributed by atoms with E-state index in [1.807, 2.05) is 19.1 Å². The molecule has 2 N–H and O–H groups in total. The molecular weight excluding hydrogens is 280 g/mol. The molecule has 112 valence electrons. The Labute approximate surface area is 119 Å². The van der Waals surface area contributed by atoms with Crippen LogP contribution in [-0.2, 0) is 14.8 Å². The zero-order valence-electron chi connectivity index (χ0n) is 11.7. The molecule has 7 heteroatoms. The highest BCUT2D eigenvalue weighted by molar-refractivity contribution is 7.89. The van der Waals surface area contributed by atoms with E-state index < -0.39 is 10.0 Å². The quantitative estimate of drug-likeness (QED) is 0.682. The van der Waals surface area contributed by atoms with Crippen LogP contribution in [0.25, 0.3) is 0 Å². The molecule has 0 unspecified atom stereocenters. The van der Waals surface area contributed by atoms with Crippen molar-refractivity contribution in [2.45, 2.75) is 13.8 Å². The lowest BCUT2D eigenvalue weighted by Crippen LogP contribution is -2.37. The highest BCUT2D eigenvalue weighted by atomic mass is 32.2. The van der Waals surface area contributed by atoms with Gasteiger partial charge < -0.3 is 10.1 Å². The second kappa shape index (κ2) is 7.86. The van der Waals surface area contributed by atoms with E-state index >= 15 is 0 Å². The van der Waals surface area contributed by atoms with Crippen molar-refractivity contribution in [3.63, 3.8) is 0 Å². The normalized spacial score (nSPS) is 11.1. The van der Waals surface area contributed by atoms with Crippen LogP contribution in [0.1, 0.15) is 12.5 Å². The van der Waals surface area contributed by atoms with Gasteiger partial charge in [0.2, 0.25) is 10.0 Å². The molecule has 1 amide bonds. The summed E-state index contributed by atoms with van der Waals surface area (Å²) in [7, 11) is -3.21. The van der Waals surface area contributed by atoms with E-state index in [1.165, 1.54) is 0 Å². The number of amides is 1. The molecule has 0 bridgehead atoms. The van der Waals surface area contributed by atoms with Crippen molar-refractivity contribution in [1.82, 2.24) is 10.0 Å². The van der Waals surface area contributed by atoms with Gasteiger partial charge in [0.15, 0.2) is 6.61 Å². The van der Waals surface area contributed by atoms with Gasteiger partial charge in [-0.05, 0) is 26.0 Å². The largest absolute Gasteiger partial charge is 0.484 e. The summed E-state index contributed by atoms with van der Waals surface area (Å²) in [6.45, 7) is 3.83. The monoisotopic (exact) mass is 300 g/mol. The second-order valence-corrected chi connectivity index (χ2v) is 6.34. The molecular formula is C13H20N2O4S. The molecule has 0 saturated heterocycles. The Morgan fingerprint density at radius 1 is 1.20 bits per heavy atom. The molecule has 1 rings (SSSR count). The van der Waals surface area contributed by atoms with Gasteiger partial charge in [-0.2, -0.15) is 0 Å². The van der Waals surface area contributed by atoms with Crippen LogP contribution in [0.3, 0.4) is 0 Å². The molecule has 20 heavy (non-hydrogen) atoms. The van der Waals surface area contributed by atoms with Crippen LogP contribution in [0.4, 0.5) is 0 Å². The van der Waals surface area contributed by atoms with Gasteiger partial charge in [0.25, 0.3) is 5.91 Å². The van der Waals surface area contributed by atoms with Gasteiger partial charge in [-0.15, -0.1) is 0 Å². The van der Waals surface area contributed by atoms with Crippen molar-refractivity contribution in [2.75, 3.05) is 25.4 Å². The predicted molar refractivity (Wildman–Crippen MR) is 77.1 cm³/mol. The standard InChI is InChI=1S/C13H20N2O4S/c1-3-20(17,18)15-9-8-14-13(16)10-19-12-6-4-11(2)5-7-12/h4-7,15H,3,8-10H2,1-2H3,(H,14,16). The zero-order chi connectivity index (χ0) is 15.0. The van der Waals surface area contributed by atoms with Gasteiger partial charge in [0.1, 0.15) is 5.75 Å². The van der Waals surface area contributed by atoms with Gasteiger partial charge in [0.05, 0.1) is 5.75 Å². The van der Waals surface area contributed by atoms with E-state index in [0.717, 1.165) is 5.56 Å². The van der Waals surface area contributed by atoms with E-state index in [2.05, 4.69) is 10.0 Å². The number of nitrogens with one attached hydrogen (secondary N) is 2. The van der Waals surface area contributed by atoms with Crippen LogP contribution < -0.4 is 14.8 Å². The summed E-state index contributed by atoms with van der Waals surface area (Å²) < 4.78 is 29.9. The fraction of sp³-hybridized carbons (Fsp3) is 0.462. The minimum atomic E-state index is -3.21. The van der Waals surface area contributed by atoms with E-state index in [-0.39, 0.29) is 31.4 Å². The molecule has 0 radical (unpaired) electrons. The summed E-state index contributed by atoms with van der Waals surface area (Å²) in [5.74, 6) is 0.357. The Hall–Kier alpha value is -1.60. The Balaban J connectivity index is 2.19. The number of rotatable bonds is 8. The Morgan fingerprint density at radius 3 is 2.45 bits per heavy atom. The predicted octanol–water partition coefficient (Wildman–Crippen LogP) is 0.429. The first-order chi connectivity index (χ1) is 9.43. The molecule has 0 heterocycles. The maximum atomic E-state index is 11.5. The third-order valence-corrected chi connectivity index (χ3v) is 3.94. The molecule has 1 aromatic carbocycles. The van der Waals surface area contributed by atoms with Gasteiger partial charge in [-0.1, -0.05) is 17.7 Å². The first-order valence-corrected chi connectivity index (χ1v) is 8.01. The molecule has 0 aliphatic heterocycles. The summed E-state index contributed by atoms with van der Waals surface area (Å²) in [4.78, 5) is 11.5. The maximum absolute atomic E-state index is 11.5. The molecule has 0 aromatic heterocycles. The fourth-order valence-corrected chi connectivity index (χ4v) is 1.96. The number of carbonyl (C=O) groups excluding carboxylic acids is 1. The molecule has 0 aliphatic carbocycles. The van der Waals surface area contributed by atoms with Crippen molar-refractivity contribution < 1.29 is 17.9 Å². The fourth-order valence-electron chi connectivity index (χ4n) is 1.34. The SMILES string of the molecule is CCS(=O)(=O)NCCNC(=O)COc1ccc(C)cc1. The van der Waals surface area contributed by atoms with Crippen molar-refractivity contribution >= 4 is 15.9 Å². The number of ether oxygens (including phenoxy) is 1. The number of hydrogen-bond donors (Lipinski definition) is 2. The lowest BCUT2D eigenvalue weighted by Gasteiger charge is -2.08.